The summed E-state index contributed by atoms with van der Waals surface area (Å²) in [7, 11) is 0. The Labute approximate surface area is 198 Å². The lowest BCUT2D eigenvalue weighted by molar-refractivity contribution is 0.101. The van der Waals surface area contributed by atoms with E-state index in [2.05, 4.69) is 35.9 Å². The molecular weight excluding hydrogens is 436 g/mol. The molecule has 6 heteroatoms. The van der Waals surface area contributed by atoms with Crippen LogP contribution in [0.1, 0.15) is 20.7 Å². The number of benzene rings is 4. The van der Waals surface area contributed by atoms with E-state index < -0.39 is 0 Å². The molecule has 4 aromatic carbocycles. The van der Waals surface area contributed by atoms with E-state index in [1.54, 1.807) is 24.3 Å². The van der Waals surface area contributed by atoms with Crippen molar-refractivity contribution in [1.82, 2.24) is 0 Å². The van der Waals surface area contributed by atoms with E-state index >= 15 is 0 Å². The molecule has 4 aromatic rings. The number of rotatable bonds is 4. The van der Waals surface area contributed by atoms with Gasteiger partial charge in [-0.3, -0.25) is 9.59 Å². The number of carbonyl (C=O) groups excluding carboxylic acids is 2. The van der Waals surface area contributed by atoms with E-state index in [0.29, 0.717) is 20.9 Å². The minimum atomic E-state index is -0.142. The number of para-hydroxylation sites is 2. The van der Waals surface area contributed by atoms with Gasteiger partial charge in [0.15, 0.2) is 0 Å². The topological polar surface area (TPSA) is 58.2 Å². The zero-order valence-electron chi connectivity index (χ0n) is 17.1. The van der Waals surface area contributed by atoms with Gasteiger partial charge in [0.2, 0.25) is 0 Å². The maximum absolute atomic E-state index is 11.9. The second-order valence-electron chi connectivity index (χ2n) is 6.67. The quantitative estimate of drug-likeness (QED) is 0.266. The molecule has 0 heterocycles. The Balaban J connectivity index is 0.000000181. The molecule has 0 saturated carbocycles. The van der Waals surface area contributed by atoms with Gasteiger partial charge in [-0.2, -0.15) is 0 Å². The highest BCUT2D eigenvalue weighted by molar-refractivity contribution is 7.80. The largest absolute Gasteiger partial charge is 0.322 e. The number of carbonyl (C=O) groups is 2. The van der Waals surface area contributed by atoms with Gasteiger partial charge in [-0.15, -0.1) is 25.3 Å². The Morgan fingerprint density at radius 1 is 0.469 bits per heavy atom. The molecule has 0 atom stereocenters. The number of amides is 2. The third kappa shape index (κ3) is 6.77. The van der Waals surface area contributed by atoms with Gasteiger partial charge in [0.1, 0.15) is 0 Å². The molecule has 4 nitrogen and oxygen atoms in total. The van der Waals surface area contributed by atoms with Gasteiger partial charge in [0.05, 0.1) is 11.1 Å². The zero-order chi connectivity index (χ0) is 22.8. The summed E-state index contributed by atoms with van der Waals surface area (Å²) in [5.41, 5.74) is 2.72. The molecule has 4 rings (SSSR count). The molecule has 0 saturated heterocycles. The van der Waals surface area contributed by atoms with E-state index in [1.807, 2.05) is 84.9 Å². The zero-order valence-corrected chi connectivity index (χ0v) is 18.9. The molecule has 0 spiro atoms. The summed E-state index contributed by atoms with van der Waals surface area (Å²) < 4.78 is 0. The first-order chi connectivity index (χ1) is 15.5. The van der Waals surface area contributed by atoms with Crippen LogP contribution in [0.15, 0.2) is 119 Å². The SMILES string of the molecule is O=C(Nc1ccccc1)c1ccccc1S.O=C(Nc1ccccc1)c1ccccc1S. The van der Waals surface area contributed by atoms with Crippen molar-refractivity contribution in [2.24, 2.45) is 0 Å². The monoisotopic (exact) mass is 458 g/mol. The smallest absolute Gasteiger partial charge is 0.256 e. The minimum Gasteiger partial charge on any atom is -0.322 e. The van der Waals surface area contributed by atoms with Gasteiger partial charge >= 0.3 is 0 Å². The first-order valence-electron chi connectivity index (χ1n) is 9.83. The summed E-state index contributed by atoms with van der Waals surface area (Å²) >= 11 is 8.49. The van der Waals surface area contributed by atoms with Gasteiger partial charge in [0, 0.05) is 21.2 Å². The second kappa shape index (κ2) is 11.8. The Morgan fingerprint density at radius 3 is 1.12 bits per heavy atom. The molecule has 0 unspecified atom stereocenters. The molecular formula is C26H22N2O2S2. The van der Waals surface area contributed by atoms with Crippen molar-refractivity contribution in [2.45, 2.75) is 9.79 Å². The molecule has 0 radical (unpaired) electrons. The summed E-state index contributed by atoms with van der Waals surface area (Å²) in [6.45, 7) is 0. The molecule has 2 amide bonds. The first kappa shape index (κ1) is 23.2. The Hall–Kier alpha value is -3.48. The third-order valence-electron chi connectivity index (χ3n) is 4.36. The highest BCUT2D eigenvalue weighted by Gasteiger charge is 2.09. The van der Waals surface area contributed by atoms with Crippen LogP contribution >= 0.6 is 25.3 Å². The lowest BCUT2D eigenvalue weighted by Crippen LogP contribution is -2.12. The van der Waals surface area contributed by atoms with Gasteiger partial charge < -0.3 is 10.6 Å². The highest BCUT2D eigenvalue weighted by atomic mass is 32.1. The number of hydrogen-bond acceptors (Lipinski definition) is 4. The van der Waals surface area contributed by atoms with Crippen LogP contribution in [0.4, 0.5) is 11.4 Å². The molecule has 0 aliphatic carbocycles. The van der Waals surface area contributed by atoms with Crippen LogP contribution in [-0.4, -0.2) is 11.8 Å². The molecule has 160 valence electrons. The summed E-state index contributed by atoms with van der Waals surface area (Å²) in [5.74, 6) is -0.284. The summed E-state index contributed by atoms with van der Waals surface area (Å²) in [6.07, 6.45) is 0. The number of hydrogen-bond donors (Lipinski definition) is 4. The summed E-state index contributed by atoms with van der Waals surface area (Å²) in [4.78, 5) is 25.1. The van der Waals surface area contributed by atoms with Crippen LogP contribution in [0, 0.1) is 0 Å². The van der Waals surface area contributed by atoms with Crippen LogP contribution in [0.5, 0.6) is 0 Å². The molecule has 32 heavy (non-hydrogen) atoms. The van der Waals surface area contributed by atoms with Crippen molar-refractivity contribution in [2.75, 3.05) is 10.6 Å². The van der Waals surface area contributed by atoms with E-state index in [1.165, 1.54) is 0 Å². The predicted octanol–water partition coefficient (Wildman–Crippen LogP) is 6.46. The number of thiol groups is 2. The normalized spacial score (nSPS) is 9.81. The van der Waals surface area contributed by atoms with E-state index in [9.17, 15) is 9.59 Å². The third-order valence-corrected chi connectivity index (χ3v) is 5.14. The summed E-state index contributed by atoms with van der Waals surface area (Å²) in [5, 5.41) is 5.62. The van der Waals surface area contributed by atoms with Crippen molar-refractivity contribution in [3.05, 3.63) is 120 Å². The van der Waals surface area contributed by atoms with Gasteiger partial charge in [0.25, 0.3) is 11.8 Å². The Kier molecular flexibility index (Phi) is 8.54. The predicted molar refractivity (Wildman–Crippen MR) is 136 cm³/mol. The van der Waals surface area contributed by atoms with E-state index in [4.69, 9.17) is 0 Å². The van der Waals surface area contributed by atoms with Crippen molar-refractivity contribution in [3.8, 4) is 0 Å². The lowest BCUT2D eigenvalue weighted by Gasteiger charge is -2.06. The van der Waals surface area contributed by atoms with Crippen LogP contribution in [-0.2, 0) is 0 Å². The van der Waals surface area contributed by atoms with Crippen molar-refractivity contribution < 1.29 is 9.59 Å². The van der Waals surface area contributed by atoms with E-state index in [-0.39, 0.29) is 11.8 Å². The average Bonchev–Trinajstić information content (AvgIpc) is 2.81. The fraction of sp³-hybridized carbons (Fsp3) is 0. The van der Waals surface area contributed by atoms with Crippen LogP contribution < -0.4 is 10.6 Å². The number of nitrogens with one attached hydrogen (secondary N) is 2. The number of anilines is 2. The Bertz CT molecular complexity index is 1090. The fourth-order valence-corrected chi connectivity index (χ4v) is 3.30. The van der Waals surface area contributed by atoms with E-state index in [0.717, 1.165) is 11.4 Å². The van der Waals surface area contributed by atoms with Gasteiger partial charge in [-0.1, -0.05) is 60.7 Å². The average molecular weight is 459 g/mol. The highest BCUT2D eigenvalue weighted by Crippen LogP contribution is 2.16. The molecule has 0 aliphatic rings. The van der Waals surface area contributed by atoms with Crippen LogP contribution in [0.25, 0.3) is 0 Å². The maximum Gasteiger partial charge on any atom is 0.256 e. The molecule has 0 aliphatic heterocycles. The minimum absolute atomic E-state index is 0.142. The Morgan fingerprint density at radius 2 is 0.781 bits per heavy atom. The van der Waals surface area contributed by atoms with Gasteiger partial charge in [-0.05, 0) is 48.5 Å². The van der Waals surface area contributed by atoms with Gasteiger partial charge in [-0.25, -0.2) is 0 Å². The first-order valence-corrected chi connectivity index (χ1v) is 10.7. The van der Waals surface area contributed by atoms with Crippen molar-refractivity contribution in [3.63, 3.8) is 0 Å². The molecule has 0 fully saturated rings. The molecule has 0 aromatic heterocycles. The second-order valence-corrected chi connectivity index (χ2v) is 7.64. The summed E-state index contributed by atoms with van der Waals surface area (Å²) in [6, 6.07) is 33.1. The van der Waals surface area contributed by atoms with Crippen molar-refractivity contribution in [1.29, 1.82) is 0 Å². The maximum atomic E-state index is 11.9. The molecule has 0 bridgehead atoms. The standard InChI is InChI=1S/2C13H11NOS/c2*15-13(11-8-4-5-9-12(11)16)14-10-6-2-1-3-7-10/h2*1-9,16H,(H,14,15). The lowest BCUT2D eigenvalue weighted by atomic mass is 10.2. The fourth-order valence-electron chi connectivity index (χ4n) is 2.77. The molecule has 2 N–H and O–H groups in total. The van der Waals surface area contributed by atoms with Crippen molar-refractivity contribution >= 4 is 48.4 Å². The van der Waals surface area contributed by atoms with Crippen LogP contribution in [0.3, 0.4) is 0 Å². The van der Waals surface area contributed by atoms with Crippen LogP contribution in [0.2, 0.25) is 0 Å².